The van der Waals surface area contributed by atoms with Gasteiger partial charge in [0.15, 0.2) is 11.6 Å². The maximum absolute atomic E-state index is 12.5. The normalized spacial score (nSPS) is 20.6. The van der Waals surface area contributed by atoms with Gasteiger partial charge in [-0.05, 0) is 48.4 Å². The second-order valence-electron chi connectivity index (χ2n) is 10.1. The molecule has 0 spiro atoms. The van der Waals surface area contributed by atoms with Gasteiger partial charge in [-0.25, -0.2) is 0 Å². The fourth-order valence-electron chi connectivity index (χ4n) is 4.74. The second-order valence-corrected chi connectivity index (χ2v) is 11.0. The molecule has 0 heterocycles. The molecule has 2 aromatic rings. The van der Waals surface area contributed by atoms with Gasteiger partial charge < -0.3 is 0 Å². The Kier molecular flexibility index (Phi) is 5.32. The first-order chi connectivity index (χ1) is 13.3. The van der Waals surface area contributed by atoms with Crippen molar-refractivity contribution in [3.05, 3.63) is 70.3 Å². The third-order valence-corrected chi connectivity index (χ3v) is 6.44. The molecule has 29 heavy (non-hydrogen) atoms. The van der Waals surface area contributed by atoms with Gasteiger partial charge in [-0.1, -0.05) is 71.0 Å². The highest BCUT2D eigenvalue weighted by molar-refractivity contribution is 6.37. The third-order valence-electron chi connectivity index (χ3n) is 6.27. The van der Waals surface area contributed by atoms with Gasteiger partial charge >= 0.3 is 0 Å². The quantitative estimate of drug-likeness (QED) is 0.405. The highest BCUT2D eigenvalue weighted by Gasteiger charge is 2.46. The average Bonchev–Trinajstić information content (AvgIpc) is 2.86. The van der Waals surface area contributed by atoms with Gasteiger partial charge in [0.2, 0.25) is 0 Å². The summed E-state index contributed by atoms with van der Waals surface area (Å²) in [6.07, 6.45) is 0.947. The number of hydrogen-bond donors (Lipinski definition) is 0. The van der Waals surface area contributed by atoms with E-state index in [-0.39, 0.29) is 28.3 Å². The number of rotatable bonds is 5. The lowest BCUT2D eigenvalue weighted by molar-refractivity contribution is 0.0936. The van der Waals surface area contributed by atoms with Crippen LogP contribution in [0.2, 0.25) is 0 Å². The molecule has 1 atom stereocenters. The van der Waals surface area contributed by atoms with Gasteiger partial charge in [0.1, 0.15) is 4.87 Å². The minimum Gasteiger partial charge on any atom is -0.294 e. The monoisotopic (exact) mass is 410 g/mol. The first-order valence-electron chi connectivity index (χ1n) is 10.3. The van der Waals surface area contributed by atoms with E-state index in [1.54, 1.807) is 13.8 Å². The topological polar surface area (TPSA) is 34.1 Å². The molecule has 1 aliphatic carbocycles. The van der Waals surface area contributed by atoms with E-state index in [9.17, 15) is 9.59 Å². The van der Waals surface area contributed by atoms with Crippen LogP contribution in [-0.4, -0.2) is 16.4 Å². The number of alkyl halides is 1. The van der Waals surface area contributed by atoms with Crippen molar-refractivity contribution in [2.45, 2.75) is 70.6 Å². The van der Waals surface area contributed by atoms with Crippen LogP contribution in [0.25, 0.3) is 0 Å². The summed E-state index contributed by atoms with van der Waals surface area (Å²) in [6.45, 7) is 14.1. The molecule has 0 N–H and O–H groups in total. The van der Waals surface area contributed by atoms with Crippen LogP contribution in [0.5, 0.6) is 0 Å². The minimum atomic E-state index is -0.910. The first-order valence-corrected chi connectivity index (χ1v) is 10.7. The standard InChI is InChI=1S/C26H31ClO2/c1-16(2)22(28)18-10-13-20-21(14-18)24(3,4)15-26(20,7)19-11-8-17(9-12-19)23(29)25(5,6)27/h8-14,16H,15H2,1-7H3. The largest absolute Gasteiger partial charge is 0.294 e. The van der Waals surface area contributed by atoms with Crippen LogP contribution in [-0.2, 0) is 10.8 Å². The Hall–Kier alpha value is -1.93. The molecule has 0 fully saturated rings. The molecule has 2 nitrogen and oxygen atoms in total. The number of carbonyl (C=O) groups is 2. The number of carbonyl (C=O) groups excluding carboxylic acids is 2. The Balaban J connectivity index is 2.04. The molecule has 0 aromatic heterocycles. The van der Waals surface area contributed by atoms with E-state index in [2.05, 4.69) is 32.9 Å². The predicted octanol–water partition coefficient (Wildman–Crippen LogP) is 6.71. The molecule has 154 valence electrons. The fourth-order valence-corrected chi connectivity index (χ4v) is 4.85. The molecule has 2 aromatic carbocycles. The number of fused-ring (bicyclic) bond motifs is 1. The molecule has 3 heteroatoms. The summed E-state index contributed by atoms with van der Waals surface area (Å²) in [5.41, 5.74) is 4.90. The van der Waals surface area contributed by atoms with Crippen LogP contribution in [0.4, 0.5) is 0 Å². The van der Waals surface area contributed by atoms with Gasteiger partial charge in [0, 0.05) is 22.5 Å². The molecule has 0 saturated heterocycles. The van der Waals surface area contributed by atoms with Crippen LogP contribution < -0.4 is 0 Å². The highest BCUT2D eigenvalue weighted by atomic mass is 35.5. The van der Waals surface area contributed by atoms with Gasteiger partial charge in [0.25, 0.3) is 0 Å². The first kappa shape index (κ1) is 21.8. The second kappa shape index (κ2) is 7.09. The van der Waals surface area contributed by atoms with Crippen LogP contribution in [0.15, 0.2) is 42.5 Å². The van der Waals surface area contributed by atoms with Crippen molar-refractivity contribution in [1.82, 2.24) is 0 Å². The molecule has 1 aliphatic rings. The predicted molar refractivity (Wildman–Crippen MR) is 120 cm³/mol. The highest BCUT2D eigenvalue weighted by Crippen LogP contribution is 2.53. The summed E-state index contributed by atoms with van der Waals surface area (Å²) in [6, 6.07) is 14.1. The van der Waals surface area contributed by atoms with Crippen molar-refractivity contribution >= 4 is 23.2 Å². The van der Waals surface area contributed by atoms with Gasteiger partial charge in [-0.15, -0.1) is 11.6 Å². The number of Topliss-reactive ketones (excluding diaryl/α,β-unsaturated/α-hetero) is 2. The number of hydrogen-bond acceptors (Lipinski definition) is 2. The zero-order valence-electron chi connectivity index (χ0n) is 18.5. The van der Waals surface area contributed by atoms with Crippen LogP contribution in [0.3, 0.4) is 0 Å². The molecule has 0 bridgehead atoms. The molecule has 0 saturated carbocycles. The van der Waals surface area contributed by atoms with E-state index in [1.165, 1.54) is 16.7 Å². The lowest BCUT2D eigenvalue weighted by Crippen LogP contribution is -2.26. The van der Waals surface area contributed by atoms with Crippen molar-refractivity contribution in [2.75, 3.05) is 0 Å². The van der Waals surface area contributed by atoms with E-state index >= 15 is 0 Å². The molecule has 1 unspecified atom stereocenters. The smallest absolute Gasteiger partial charge is 0.183 e. The number of ketones is 2. The molecule has 0 amide bonds. The Morgan fingerprint density at radius 3 is 2.00 bits per heavy atom. The summed E-state index contributed by atoms with van der Waals surface area (Å²) in [5, 5.41) is 0. The third kappa shape index (κ3) is 3.80. The summed E-state index contributed by atoms with van der Waals surface area (Å²) in [4.78, 5) is 24.1. The number of benzene rings is 2. The van der Waals surface area contributed by atoms with Crippen molar-refractivity contribution < 1.29 is 9.59 Å². The number of halogens is 1. The zero-order chi connectivity index (χ0) is 21.8. The summed E-state index contributed by atoms with van der Waals surface area (Å²) >= 11 is 6.20. The van der Waals surface area contributed by atoms with E-state index in [0.29, 0.717) is 5.56 Å². The molecule has 0 aliphatic heterocycles. The Labute approximate surface area is 179 Å². The van der Waals surface area contributed by atoms with E-state index in [1.807, 2.05) is 44.2 Å². The van der Waals surface area contributed by atoms with E-state index < -0.39 is 4.87 Å². The van der Waals surface area contributed by atoms with Crippen LogP contribution in [0, 0.1) is 5.92 Å². The van der Waals surface area contributed by atoms with Crippen LogP contribution >= 0.6 is 11.6 Å². The maximum Gasteiger partial charge on any atom is 0.183 e. The molecule has 0 radical (unpaired) electrons. The maximum atomic E-state index is 12.5. The zero-order valence-corrected chi connectivity index (χ0v) is 19.3. The van der Waals surface area contributed by atoms with Gasteiger partial charge in [-0.2, -0.15) is 0 Å². The minimum absolute atomic E-state index is 0.0137. The van der Waals surface area contributed by atoms with E-state index in [4.69, 9.17) is 11.6 Å². The SMILES string of the molecule is CC(C)C(=O)c1ccc2c(c1)C(C)(C)CC2(C)c1ccc(C(=O)C(C)(C)Cl)cc1. The van der Waals surface area contributed by atoms with Crippen molar-refractivity contribution in [3.8, 4) is 0 Å². The molecular weight excluding hydrogens is 380 g/mol. The Morgan fingerprint density at radius 2 is 1.48 bits per heavy atom. The summed E-state index contributed by atoms with van der Waals surface area (Å²) in [5.74, 6) is 0.101. The lowest BCUT2D eigenvalue weighted by atomic mass is 9.75. The van der Waals surface area contributed by atoms with Crippen molar-refractivity contribution in [1.29, 1.82) is 0 Å². The van der Waals surface area contributed by atoms with Crippen LogP contribution in [0.1, 0.15) is 92.3 Å². The lowest BCUT2D eigenvalue weighted by Gasteiger charge is -2.28. The average molecular weight is 411 g/mol. The Morgan fingerprint density at radius 1 is 0.931 bits per heavy atom. The Bertz CT molecular complexity index is 961. The van der Waals surface area contributed by atoms with Crippen molar-refractivity contribution in [2.24, 2.45) is 5.92 Å². The fraction of sp³-hybridized carbons (Fsp3) is 0.462. The summed E-state index contributed by atoms with van der Waals surface area (Å²) in [7, 11) is 0. The van der Waals surface area contributed by atoms with E-state index in [0.717, 1.165) is 12.0 Å². The molecule has 3 rings (SSSR count). The van der Waals surface area contributed by atoms with Gasteiger partial charge in [0.05, 0.1) is 0 Å². The summed E-state index contributed by atoms with van der Waals surface area (Å²) < 4.78 is 0. The van der Waals surface area contributed by atoms with Crippen molar-refractivity contribution in [3.63, 3.8) is 0 Å². The molecular formula is C26H31ClO2. The van der Waals surface area contributed by atoms with Gasteiger partial charge in [-0.3, -0.25) is 9.59 Å².